The summed E-state index contributed by atoms with van der Waals surface area (Å²) in [6, 6.07) is 0.924. The van der Waals surface area contributed by atoms with Crippen molar-refractivity contribution in [2.24, 2.45) is 5.73 Å². The number of rotatable bonds is 8. The minimum atomic E-state index is -5.76. The van der Waals surface area contributed by atoms with Gasteiger partial charge in [0.25, 0.3) is 5.56 Å². The first-order chi connectivity index (χ1) is 14.0. The van der Waals surface area contributed by atoms with Crippen molar-refractivity contribution in [2.45, 2.75) is 24.0 Å². The van der Waals surface area contributed by atoms with E-state index in [0.717, 1.165) is 16.8 Å². The van der Waals surface area contributed by atoms with Gasteiger partial charge in [-0.15, -0.1) is 6.42 Å². The highest BCUT2D eigenvalue weighted by molar-refractivity contribution is 7.66. The maximum Gasteiger partial charge on any atom is 0.490 e. The molecule has 6 atom stereocenters. The van der Waals surface area contributed by atoms with Gasteiger partial charge in [0.2, 0.25) is 0 Å². The van der Waals surface area contributed by atoms with Crippen molar-refractivity contribution in [3.05, 3.63) is 33.1 Å². The number of hydrogen-bond acceptors (Lipinski definition) is 11. The lowest BCUT2D eigenvalue weighted by Gasteiger charge is -2.27. The Morgan fingerprint density at radius 1 is 1.23 bits per heavy atom. The normalized spacial score (nSPS) is 30.3. The van der Waals surface area contributed by atoms with Gasteiger partial charge < -0.3 is 35.2 Å². The number of aliphatic hydroxyl groups excluding tert-OH is 1. The fraction of sp³-hybridized carbons (Fsp3) is 0.455. The van der Waals surface area contributed by atoms with Crippen LogP contribution < -0.4 is 17.0 Å². The number of phosphoric ester groups is 1. The van der Waals surface area contributed by atoms with E-state index in [2.05, 4.69) is 13.1 Å². The molecular formula is C11H16N3O14P3. The van der Waals surface area contributed by atoms with E-state index in [1.165, 1.54) is 0 Å². The van der Waals surface area contributed by atoms with E-state index in [1.807, 2.05) is 10.9 Å². The molecule has 20 heteroatoms. The number of aromatic nitrogens is 2. The fourth-order valence-corrected chi connectivity index (χ4v) is 5.50. The summed E-state index contributed by atoms with van der Waals surface area (Å²) in [5.41, 5.74) is 2.04. The number of nitrogens with one attached hydrogen (secondary N) is 1. The molecule has 31 heavy (non-hydrogen) atoms. The highest BCUT2D eigenvalue weighted by Crippen LogP contribution is 2.66. The third-order valence-electron chi connectivity index (χ3n) is 3.73. The highest BCUT2D eigenvalue weighted by Gasteiger charge is 2.55. The number of aromatic amines is 1. The first kappa shape index (κ1) is 25.8. The minimum absolute atomic E-state index is 0.731. The van der Waals surface area contributed by atoms with Crippen molar-refractivity contribution in [2.75, 3.05) is 6.61 Å². The smallest absolute Gasteiger partial charge is 0.387 e. The van der Waals surface area contributed by atoms with Crippen molar-refractivity contribution in [1.82, 2.24) is 9.55 Å². The van der Waals surface area contributed by atoms with Crippen LogP contribution in [0.5, 0.6) is 0 Å². The van der Waals surface area contributed by atoms with Crippen molar-refractivity contribution >= 4 is 23.5 Å². The van der Waals surface area contributed by atoms with E-state index in [4.69, 9.17) is 31.6 Å². The van der Waals surface area contributed by atoms with E-state index in [1.54, 1.807) is 0 Å². The van der Waals surface area contributed by atoms with Gasteiger partial charge in [0, 0.05) is 12.3 Å². The molecule has 174 valence electrons. The summed E-state index contributed by atoms with van der Waals surface area (Å²) in [7, 11) is -16.9. The van der Waals surface area contributed by atoms with Gasteiger partial charge in [-0.2, -0.15) is 8.62 Å². The van der Waals surface area contributed by atoms with E-state index in [0.29, 0.717) is 0 Å². The molecule has 1 saturated heterocycles. The van der Waals surface area contributed by atoms with Gasteiger partial charge >= 0.3 is 29.2 Å². The third kappa shape index (κ3) is 6.28. The van der Waals surface area contributed by atoms with E-state index in [9.17, 15) is 33.3 Å². The molecule has 2 unspecified atom stereocenters. The van der Waals surface area contributed by atoms with E-state index < -0.39 is 65.3 Å². The van der Waals surface area contributed by atoms with Crippen LogP contribution >= 0.6 is 23.5 Å². The Hall–Kier alpha value is -1.47. The monoisotopic (exact) mass is 507 g/mol. The van der Waals surface area contributed by atoms with Crippen LogP contribution in [-0.4, -0.2) is 58.6 Å². The molecule has 17 nitrogen and oxygen atoms in total. The summed E-state index contributed by atoms with van der Waals surface area (Å²) in [4.78, 5) is 60.6. The van der Waals surface area contributed by atoms with Gasteiger partial charge in [-0.1, -0.05) is 5.92 Å². The summed E-state index contributed by atoms with van der Waals surface area (Å²) in [5.74, 6) is 2.01. The predicted molar refractivity (Wildman–Crippen MR) is 96.8 cm³/mol. The van der Waals surface area contributed by atoms with Gasteiger partial charge in [-0.3, -0.25) is 18.9 Å². The number of H-pyrrole nitrogens is 1. The minimum Gasteiger partial charge on any atom is -0.387 e. The summed E-state index contributed by atoms with van der Waals surface area (Å²) in [6.07, 6.45) is 1.23. The van der Waals surface area contributed by atoms with Gasteiger partial charge in [-0.25, -0.2) is 18.5 Å². The second kappa shape index (κ2) is 8.81. The molecule has 1 aromatic rings. The standard InChI is InChI=1S/C11H16N3O14P3/c1-2-11(12)8(16)6(26-9(11)14-4-3-7(15)13-10(14)17)5-25-30(21,22)28-31(23,24)27-29(18,19)20/h1,3-4,6,8-9,16H,5,12H2,(H,21,22)(H,23,24)(H,13,15,17)(H2,18,19,20)/t6-,8-,9-,11-/m1/s1. The average Bonchev–Trinajstić information content (AvgIpc) is 2.82. The summed E-state index contributed by atoms with van der Waals surface area (Å²) >= 11 is 0. The Morgan fingerprint density at radius 3 is 2.35 bits per heavy atom. The molecule has 0 saturated carbocycles. The van der Waals surface area contributed by atoms with Crippen LogP contribution in [-0.2, 0) is 31.6 Å². The fourth-order valence-electron chi connectivity index (χ4n) is 2.47. The third-order valence-corrected chi connectivity index (χ3v) is 7.53. The van der Waals surface area contributed by atoms with Gasteiger partial charge in [0.15, 0.2) is 11.8 Å². The molecule has 8 N–H and O–H groups in total. The Labute approximate surface area is 171 Å². The average molecular weight is 507 g/mol. The van der Waals surface area contributed by atoms with Crippen LogP contribution in [0.3, 0.4) is 0 Å². The molecule has 0 amide bonds. The van der Waals surface area contributed by atoms with Crippen LogP contribution in [0.1, 0.15) is 6.23 Å². The number of aliphatic hydroxyl groups is 1. The number of nitrogens with zero attached hydrogens (tertiary/aromatic N) is 1. The molecule has 0 aliphatic carbocycles. The zero-order chi connectivity index (χ0) is 23.8. The van der Waals surface area contributed by atoms with E-state index in [-0.39, 0.29) is 0 Å². The van der Waals surface area contributed by atoms with Crippen LogP contribution in [0.2, 0.25) is 0 Å². The van der Waals surface area contributed by atoms with Crippen LogP contribution in [0.25, 0.3) is 0 Å². The molecule has 2 heterocycles. The van der Waals surface area contributed by atoms with Gasteiger partial charge in [-0.05, 0) is 0 Å². The lowest BCUT2D eigenvalue weighted by atomic mass is 9.92. The first-order valence-corrected chi connectivity index (χ1v) is 12.2. The van der Waals surface area contributed by atoms with Crippen molar-refractivity contribution in [1.29, 1.82) is 0 Å². The molecule has 1 aliphatic heterocycles. The lowest BCUT2D eigenvalue weighted by molar-refractivity contribution is -0.0468. The molecule has 2 rings (SSSR count). The zero-order valence-corrected chi connectivity index (χ0v) is 17.6. The summed E-state index contributed by atoms with van der Waals surface area (Å²) in [6.45, 7) is -1.07. The number of ether oxygens (including phenoxy) is 1. The second-order valence-electron chi connectivity index (χ2n) is 5.95. The van der Waals surface area contributed by atoms with Gasteiger partial charge in [0.05, 0.1) is 6.61 Å². The molecule has 1 fully saturated rings. The maximum atomic E-state index is 12.0. The van der Waals surface area contributed by atoms with Crippen molar-refractivity contribution in [3.8, 4) is 12.3 Å². The first-order valence-electron chi connectivity index (χ1n) is 7.70. The molecule has 0 spiro atoms. The lowest BCUT2D eigenvalue weighted by Crippen LogP contribution is -2.55. The summed E-state index contributed by atoms with van der Waals surface area (Å²) < 4.78 is 51.2. The molecular weight excluding hydrogens is 491 g/mol. The largest absolute Gasteiger partial charge is 0.490 e. The molecule has 0 bridgehead atoms. The topological polar surface area (TPSA) is 270 Å². The van der Waals surface area contributed by atoms with Crippen molar-refractivity contribution < 1.29 is 56.3 Å². The molecule has 1 aliphatic rings. The Kier molecular flexibility index (Phi) is 7.33. The van der Waals surface area contributed by atoms with Crippen molar-refractivity contribution in [3.63, 3.8) is 0 Å². The number of phosphoric acid groups is 3. The van der Waals surface area contributed by atoms with Crippen LogP contribution in [0.4, 0.5) is 0 Å². The molecule has 0 radical (unpaired) electrons. The SMILES string of the molecule is C#C[C@@]1(N)[C@H](O)[C@@H](COP(=O)(O)OP(=O)(O)OP(=O)(O)O)O[C@H]1n1ccc(=O)[nH]c1=O. The number of terminal acetylenes is 1. The predicted octanol–water partition coefficient (Wildman–Crippen LogP) is -2.53. The molecule has 1 aromatic heterocycles. The van der Waals surface area contributed by atoms with Crippen LogP contribution in [0, 0.1) is 12.3 Å². The zero-order valence-electron chi connectivity index (χ0n) is 14.9. The quantitative estimate of drug-likeness (QED) is 0.141. The van der Waals surface area contributed by atoms with Crippen LogP contribution in [0.15, 0.2) is 21.9 Å². The maximum absolute atomic E-state index is 12.0. The Morgan fingerprint density at radius 2 is 1.84 bits per heavy atom. The van der Waals surface area contributed by atoms with E-state index >= 15 is 0 Å². The number of hydrogen-bond donors (Lipinski definition) is 7. The molecule has 0 aromatic carbocycles. The van der Waals surface area contributed by atoms with Gasteiger partial charge in [0.1, 0.15) is 12.2 Å². The Balaban J connectivity index is 2.19. The summed E-state index contributed by atoms with van der Waals surface area (Å²) in [5, 5.41) is 10.4. The Bertz CT molecular complexity index is 1130. The second-order valence-corrected chi connectivity index (χ2v) is 10.4. The number of nitrogens with two attached hydrogens (primary N) is 1. The highest BCUT2D eigenvalue weighted by atomic mass is 31.3.